The normalized spacial score (nSPS) is 11.2. The number of H-pyrrole nitrogens is 1. The van der Waals surface area contributed by atoms with Crippen molar-refractivity contribution in [2.75, 3.05) is 12.4 Å². The summed E-state index contributed by atoms with van der Waals surface area (Å²) < 4.78 is 5.22. The molecule has 5 rings (SSSR count). The highest BCUT2D eigenvalue weighted by atomic mass is 16.5. The largest absolute Gasteiger partial charge is 0.497 e. The topological polar surface area (TPSA) is 75.7 Å². The maximum Gasteiger partial charge on any atom is 0.154 e. The Morgan fingerprint density at radius 3 is 2.56 bits per heavy atom. The van der Waals surface area contributed by atoms with Crippen LogP contribution in [0.4, 0.5) is 11.5 Å². The number of aromatic nitrogens is 4. The first-order chi connectivity index (χ1) is 15.8. The molecule has 0 saturated heterocycles. The molecule has 6 nitrogen and oxygen atoms in total. The van der Waals surface area contributed by atoms with Crippen LogP contribution in [0.5, 0.6) is 5.75 Å². The minimum atomic E-state index is 0.631. The number of fused-ring (bicyclic) bond motifs is 1. The summed E-state index contributed by atoms with van der Waals surface area (Å²) in [6.45, 7) is 0. The number of nitrogens with zero attached hydrogens (tertiary/aromatic N) is 3. The maximum atomic E-state index is 5.22. The van der Waals surface area contributed by atoms with Gasteiger partial charge >= 0.3 is 0 Å². The molecular weight excluding hydrogens is 398 g/mol. The van der Waals surface area contributed by atoms with E-state index in [1.807, 2.05) is 84.9 Å². The van der Waals surface area contributed by atoms with Gasteiger partial charge < -0.3 is 10.1 Å². The fourth-order valence-corrected chi connectivity index (χ4v) is 3.47. The lowest BCUT2D eigenvalue weighted by Crippen LogP contribution is -1.99. The second-order valence-electron chi connectivity index (χ2n) is 7.23. The number of benzene rings is 3. The Labute approximate surface area is 185 Å². The number of aromatic amines is 1. The number of methoxy groups -OCH3 is 1. The van der Waals surface area contributed by atoms with E-state index in [9.17, 15) is 0 Å². The van der Waals surface area contributed by atoms with E-state index in [2.05, 4.69) is 21.6 Å². The first-order valence-electron chi connectivity index (χ1n) is 10.2. The molecule has 0 radical (unpaired) electrons. The van der Waals surface area contributed by atoms with Gasteiger partial charge in [-0.05, 0) is 54.1 Å². The third-order valence-corrected chi connectivity index (χ3v) is 5.10. The van der Waals surface area contributed by atoms with Crippen molar-refractivity contribution in [3.8, 4) is 17.0 Å². The van der Waals surface area contributed by atoms with Gasteiger partial charge in [-0.1, -0.05) is 42.5 Å². The molecule has 3 aromatic carbocycles. The minimum Gasteiger partial charge on any atom is -0.497 e. The zero-order valence-electron chi connectivity index (χ0n) is 17.5. The average molecular weight is 419 g/mol. The quantitative estimate of drug-likeness (QED) is 0.356. The summed E-state index contributed by atoms with van der Waals surface area (Å²) in [5.41, 5.74) is 4.87. The summed E-state index contributed by atoms with van der Waals surface area (Å²) in [6.07, 6.45) is 5.65. The molecule has 0 aliphatic carbocycles. The van der Waals surface area contributed by atoms with Gasteiger partial charge in [0, 0.05) is 22.8 Å². The summed E-state index contributed by atoms with van der Waals surface area (Å²) in [6, 6.07) is 25.9. The van der Waals surface area contributed by atoms with Gasteiger partial charge in [0.1, 0.15) is 11.6 Å². The smallest absolute Gasteiger partial charge is 0.154 e. The number of hydrogen-bond acceptors (Lipinski definition) is 5. The second-order valence-corrected chi connectivity index (χ2v) is 7.23. The van der Waals surface area contributed by atoms with E-state index < -0.39 is 0 Å². The molecule has 2 heterocycles. The van der Waals surface area contributed by atoms with Crippen molar-refractivity contribution in [1.29, 1.82) is 0 Å². The van der Waals surface area contributed by atoms with Crippen LogP contribution in [0.25, 0.3) is 34.3 Å². The number of anilines is 2. The first-order valence-corrected chi connectivity index (χ1v) is 10.2. The zero-order chi connectivity index (χ0) is 21.8. The number of hydrogen-bond donors (Lipinski definition) is 2. The molecule has 0 bridgehead atoms. The van der Waals surface area contributed by atoms with Gasteiger partial charge in [-0.3, -0.25) is 5.10 Å². The molecule has 0 unspecified atom stereocenters. The molecule has 0 aliphatic rings. The van der Waals surface area contributed by atoms with E-state index in [1.165, 1.54) is 0 Å². The summed E-state index contributed by atoms with van der Waals surface area (Å²) in [5.74, 6) is 2.21. The number of ether oxygens (including phenoxy) is 1. The van der Waals surface area contributed by atoms with E-state index in [4.69, 9.17) is 14.7 Å². The Kier molecular flexibility index (Phi) is 5.32. The SMILES string of the molecule is COc1ccc(/C=C/c2nc(Nc3cccc(-c4ccn[nH]4)c3)c3ccccc3n2)cc1. The van der Waals surface area contributed by atoms with Gasteiger partial charge in [-0.25, -0.2) is 9.97 Å². The molecule has 0 saturated carbocycles. The molecule has 0 amide bonds. The van der Waals surface area contributed by atoms with Crippen LogP contribution in [0.15, 0.2) is 85.1 Å². The van der Waals surface area contributed by atoms with Gasteiger partial charge in [0.25, 0.3) is 0 Å². The lowest BCUT2D eigenvalue weighted by atomic mass is 10.1. The van der Waals surface area contributed by atoms with Crippen LogP contribution in [0.2, 0.25) is 0 Å². The third-order valence-electron chi connectivity index (χ3n) is 5.10. The van der Waals surface area contributed by atoms with E-state index in [-0.39, 0.29) is 0 Å². The Morgan fingerprint density at radius 2 is 1.75 bits per heavy atom. The minimum absolute atomic E-state index is 0.631. The van der Waals surface area contributed by atoms with Crippen LogP contribution in [0.1, 0.15) is 11.4 Å². The van der Waals surface area contributed by atoms with Gasteiger partial charge in [0.05, 0.1) is 18.3 Å². The number of rotatable bonds is 6. The van der Waals surface area contributed by atoms with Gasteiger partial charge in [0.15, 0.2) is 5.82 Å². The molecular formula is C26H21N5O. The molecule has 6 heteroatoms. The molecule has 0 spiro atoms. The van der Waals surface area contributed by atoms with Crippen LogP contribution in [-0.4, -0.2) is 27.3 Å². The first kappa shape index (κ1) is 19.5. The van der Waals surface area contributed by atoms with Gasteiger partial charge in [0.2, 0.25) is 0 Å². The average Bonchev–Trinajstić information content (AvgIpc) is 3.38. The van der Waals surface area contributed by atoms with Crippen molar-refractivity contribution in [1.82, 2.24) is 20.2 Å². The Balaban J connectivity index is 1.48. The van der Waals surface area contributed by atoms with Gasteiger partial charge in [-0.2, -0.15) is 5.10 Å². The monoisotopic (exact) mass is 419 g/mol. The molecule has 156 valence electrons. The van der Waals surface area contributed by atoms with Crippen LogP contribution in [0, 0.1) is 0 Å². The van der Waals surface area contributed by atoms with Crippen molar-refractivity contribution in [2.45, 2.75) is 0 Å². The standard InChI is InChI=1S/C26H21N5O/c1-32-21-12-9-18(10-13-21)11-14-25-29-24-8-3-2-7-22(24)26(30-25)28-20-6-4-5-19(17-20)23-15-16-27-31-23/h2-17H,1H3,(H,27,31)(H,28,29,30)/b14-11+. The molecule has 2 N–H and O–H groups in total. The molecule has 2 aromatic heterocycles. The number of para-hydroxylation sites is 1. The highest BCUT2D eigenvalue weighted by Crippen LogP contribution is 2.27. The maximum absolute atomic E-state index is 5.22. The van der Waals surface area contributed by atoms with E-state index in [1.54, 1.807) is 13.3 Å². The lowest BCUT2D eigenvalue weighted by Gasteiger charge is -2.11. The van der Waals surface area contributed by atoms with Gasteiger partial charge in [-0.15, -0.1) is 0 Å². The lowest BCUT2D eigenvalue weighted by molar-refractivity contribution is 0.415. The Hall–Kier alpha value is -4.45. The third kappa shape index (κ3) is 4.20. The van der Waals surface area contributed by atoms with Crippen molar-refractivity contribution >= 4 is 34.6 Å². The van der Waals surface area contributed by atoms with Crippen molar-refractivity contribution in [2.24, 2.45) is 0 Å². The predicted octanol–water partition coefficient (Wildman–Crippen LogP) is 5.94. The fraction of sp³-hybridized carbons (Fsp3) is 0.0385. The molecule has 0 aliphatic heterocycles. The van der Waals surface area contributed by atoms with Crippen molar-refractivity contribution in [3.05, 3.63) is 96.4 Å². The second kappa shape index (κ2) is 8.73. The zero-order valence-corrected chi connectivity index (χ0v) is 17.5. The molecule has 0 fully saturated rings. The Morgan fingerprint density at radius 1 is 0.875 bits per heavy atom. The van der Waals surface area contributed by atoms with E-state index >= 15 is 0 Å². The van der Waals surface area contributed by atoms with Crippen molar-refractivity contribution in [3.63, 3.8) is 0 Å². The molecule has 5 aromatic rings. The molecule has 0 atom stereocenters. The summed E-state index contributed by atoms with van der Waals surface area (Å²) >= 11 is 0. The summed E-state index contributed by atoms with van der Waals surface area (Å²) in [5, 5.41) is 11.5. The molecule has 32 heavy (non-hydrogen) atoms. The van der Waals surface area contributed by atoms with E-state index in [0.29, 0.717) is 5.82 Å². The fourth-order valence-electron chi connectivity index (χ4n) is 3.47. The predicted molar refractivity (Wildman–Crippen MR) is 129 cm³/mol. The van der Waals surface area contributed by atoms with Crippen LogP contribution in [0.3, 0.4) is 0 Å². The van der Waals surface area contributed by atoms with E-state index in [0.717, 1.165) is 45.0 Å². The number of nitrogens with one attached hydrogen (secondary N) is 2. The van der Waals surface area contributed by atoms with Crippen LogP contribution in [-0.2, 0) is 0 Å². The highest BCUT2D eigenvalue weighted by molar-refractivity contribution is 5.92. The van der Waals surface area contributed by atoms with Crippen LogP contribution >= 0.6 is 0 Å². The Bertz CT molecular complexity index is 1380. The highest BCUT2D eigenvalue weighted by Gasteiger charge is 2.08. The summed E-state index contributed by atoms with van der Waals surface area (Å²) in [4.78, 5) is 9.49. The van der Waals surface area contributed by atoms with Crippen molar-refractivity contribution < 1.29 is 4.74 Å². The summed E-state index contributed by atoms with van der Waals surface area (Å²) in [7, 11) is 1.66. The van der Waals surface area contributed by atoms with Crippen LogP contribution < -0.4 is 10.1 Å².